The fraction of sp³-hybridized carbons (Fsp3) is 0.238. The van der Waals surface area contributed by atoms with Crippen LogP contribution in [0.3, 0.4) is 0 Å². The quantitative estimate of drug-likeness (QED) is 0.606. The largest absolute Gasteiger partial charge is 0.490 e. The summed E-state index contributed by atoms with van der Waals surface area (Å²) < 4.78 is 31.7. The molecule has 0 aliphatic rings. The van der Waals surface area contributed by atoms with E-state index in [1.165, 1.54) is 0 Å². The second kappa shape index (κ2) is 11.7. The molecule has 8 heteroatoms. The topological polar surface area (TPSA) is 101 Å². The molecular weight excluding hydrogens is 387 g/mol. The molecular formula is C21H22F3NO4. The minimum atomic E-state index is -5.08. The van der Waals surface area contributed by atoms with Gasteiger partial charge in [0.25, 0.3) is 0 Å². The van der Waals surface area contributed by atoms with Crippen molar-refractivity contribution in [1.29, 1.82) is 0 Å². The van der Waals surface area contributed by atoms with Gasteiger partial charge in [-0.1, -0.05) is 72.8 Å². The van der Waals surface area contributed by atoms with Crippen LogP contribution in [0, 0.1) is 5.92 Å². The van der Waals surface area contributed by atoms with E-state index >= 15 is 0 Å². The number of hydrogen-bond acceptors (Lipinski definition) is 3. The number of aliphatic carboxylic acids is 2. The molecule has 0 aromatic heterocycles. The fourth-order valence-electron chi connectivity index (χ4n) is 2.34. The van der Waals surface area contributed by atoms with Gasteiger partial charge >= 0.3 is 18.1 Å². The number of carbonyl (C=O) groups is 2. The maximum absolute atomic E-state index is 11.4. The Labute approximate surface area is 166 Å². The van der Waals surface area contributed by atoms with Crippen molar-refractivity contribution in [2.75, 3.05) is 0 Å². The van der Waals surface area contributed by atoms with E-state index in [4.69, 9.17) is 15.6 Å². The Kier molecular flexibility index (Phi) is 9.61. The summed E-state index contributed by atoms with van der Waals surface area (Å²) in [6.07, 6.45) is -0.391. The van der Waals surface area contributed by atoms with Crippen LogP contribution in [0.5, 0.6) is 0 Å². The molecule has 0 saturated carbocycles. The van der Waals surface area contributed by atoms with Gasteiger partial charge in [0, 0.05) is 6.04 Å². The highest BCUT2D eigenvalue weighted by Gasteiger charge is 2.38. The van der Waals surface area contributed by atoms with Crippen LogP contribution in [0.25, 0.3) is 0 Å². The van der Waals surface area contributed by atoms with Gasteiger partial charge in [-0.15, -0.1) is 0 Å². The molecule has 156 valence electrons. The van der Waals surface area contributed by atoms with E-state index in [1.807, 2.05) is 60.7 Å². The summed E-state index contributed by atoms with van der Waals surface area (Å²) in [5.74, 6) is -4.14. The average Bonchev–Trinajstić information content (AvgIpc) is 2.66. The minimum absolute atomic E-state index is 0.181. The first-order chi connectivity index (χ1) is 13.6. The Balaban J connectivity index is 0.000000516. The average molecular weight is 409 g/mol. The van der Waals surface area contributed by atoms with Crippen LogP contribution < -0.4 is 5.73 Å². The lowest BCUT2D eigenvalue weighted by Crippen LogP contribution is -2.21. The van der Waals surface area contributed by atoms with Crippen LogP contribution in [-0.4, -0.2) is 34.4 Å². The molecule has 2 aromatic carbocycles. The SMILES string of the molecule is N[C@H](/C=C/[C@@H](Cc1ccccc1)C(=O)O)Cc1ccccc1.O=C(O)C(F)(F)F. The molecule has 2 aromatic rings. The van der Waals surface area contributed by atoms with Gasteiger partial charge in [-0.05, 0) is 24.0 Å². The van der Waals surface area contributed by atoms with Crippen molar-refractivity contribution in [3.63, 3.8) is 0 Å². The third-order valence-electron chi connectivity index (χ3n) is 3.76. The van der Waals surface area contributed by atoms with Crippen LogP contribution in [0.4, 0.5) is 13.2 Å². The van der Waals surface area contributed by atoms with Crippen molar-refractivity contribution in [2.24, 2.45) is 11.7 Å². The van der Waals surface area contributed by atoms with E-state index < -0.39 is 24.0 Å². The highest BCUT2D eigenvalue weighted by molar-refractivity contribution is 5.73. The summed E-state index contributed by atoms with van der Waals surface area (Å²) in [7, 11) is 0. The van der Waals surface area contributed by atoms with Gasteiger partial charge in [0.1, 0.15) is 0 Å². The standard InChI is InChI=1S/C19H21NO2.C2HF3O2/c20-18(14-16-9-5-2-6-10-16)12-11-17(19(21)22)13-15-7-3-1-4-8-15;3-2(4,5)1(6)7/h1-12,17-18H,13-14,20H2,(H,21,22);(H,6,7)/b12-11+;/t17-,18+;/m0./s1. The molecule has 5 nitrogen and oxygen atoms in total. The van der Waals surface area contributed by atoms with E-state index in [-0.39, 0.29) is 6.04 Å². The zero-order valence-corrected chi connectivity index (χ0v) is 15.4. The zero-order chi connectivity index (χ0) is 21.9. The molecule has 0 radical (unpaired) electrons. The molecule has 0 bridgehead atoms. The van der Waals surface area contributed by atoms with E-state index in [0.717, 1.165) is 11.1 Å². The van der Waals surface area contributed by atoms with Crippen molar-refractivity contribution >= 4 is 11.9 Å². The molecule has 0 fully saturated rings. The molecule has 0 saturated heterocycles. The molecule has 0 unspecified atom stereocenters. The summed E-state index contributed by atoms with van der Waals surface area (Å²) in [6.45, 7) is 0. The van der Waals surface area contributed by atoms with E-state index in [1.54, 1.807) is 12.2 Å². The maximum atomic E-state index is 11.4. The van der Waals surface area contributed by atoms with Crippen molar-refractivity contribution < 1.29 is 33.0 Å². The number of carboxylic acids is 2. The zero-order valence-electron chi connectivity index (χ0n) is 15.4. The van der Waals surface area contributed by atoms with Crippen LogP contribution in [0.1, 0.15) is 11.1 Å². The summed E-state index contributed by atoms with van der Waals surface area (Å²) >= 11 is 0. The number of hydrogen-bond donors (Lipinski definition) is 3. The normalized spacial score (nSPS) is 13.2. The predicted molar refractivity (Wildman–Crippen MR) is 102 cm³/mol. The first-order valence-electron chi connectivity index (χ1n) is 8.64. The lowest BCUT2D eigenvalue weighted by Gasteiger charge is -2.10. The lowest BCUT2D eigenvalue weighted by atomic mass is 9.97. The monoisotopic (exact) mass is 409 g/mol. The van der Waals surface area contributed by atoms with Crippen molar-refractivity contribution in [3.05, 3.63) is 83.9 Å². The Morgan fingerprint density at radius 2 is 1.28 bits per heavy atom. The number of rotatable bonds is 7. The smallest absolute Gasteiger partial charge is 0.481 e. The molecule has 0 amide bonds. The fourth-order valence-corrected chi connectivity index (χ4v) is 2.34. The van der Waals surface area contributed by atoms with Crippen molar-refractivity contribution in [3.8, 4) is 0 Å². The summed E-state index contributed by atoms with van der Waals surface area (Å²) in [5, 5.41) is 16.5. The highest BCUT2D eigenvalue weighted by atomic mass is 19.4. The Hall–Kier alpha value is -3.13. The highest BCUT2D eigenvalue weighted by Crippen LogP contribution is 2.13. The van der Waals surface area contributed by atoms with E-state index in [9.17, 15) is 23.1 Å². The van der Waals surface area contributed by atoms with E-state index in [2.05, 4.69) is 0 Å². The van der Waals surface area contributed by atoms with E-state index in [0.29, 0.717) is 12.8 Å². The minimum Gasteiger partial charge on any atom is -0.481 e. The third kappa shape index (κ3) is 10.1. The van der Waals surface area contributed by atoms with Crippen molar-refractivity contribution in [1.82, 2.24) is 0 Å². The molecule has 0 spiro atoms. The Bertz CT molecular complexity index is 793. The summed E-state index contributed by atoms with van der Waals surface area (Å²) in [4.78, 5) is 20.3. The van der Waals surface area contributed by atoms with Gasteiger partial charge in [-0.3, -0.25) is 4.79 Å². The molecule has 4 N–H and O–H groups in total. The van der Waals surface area contributed by atoms with Gasteiger partial charge in [-0.25, -0.2) is 4.79 Å². The third-order valence-corrected chi connectivity index (χ3v) is 3.76. The first-order valence-corrected chi connectivity index (χ1v) is 8.64. The number of alkyl halides is 3. The predicted octanol–water partition coefficient (Wildman–Crippen LogP) is 3.69. The lowest BCUT2D eigenvalue weighted by molar-refractivity contribution is -0.192. The van der Waals surface area contributed by atoms with Gasteiger partial charge < -0.3 is 15.9 Å². The van der Waals surface area contributed by atoms with Crippen molar-refractivity contribution in [2.45, 2.75) is 25.1 Å². The second-order valence-electron chi connectivity index (χ2n) is 6.18. The number of carboxylic acid groups (broad SMARTS) is 2. The molecule has 0 aliphatic carbocycles. The van der Waals surface area contributed by atoms with Gasteiger partial charge in [0.2, 0.25) is 0 Å². The van der Waals surface area contributed by atoms with Crippen LogP contribution in [-0.2, 0) is 22.4 Å². The number of nitrogens with two attached hydrogens (primary N) is 1. The molecule has 29 heavy (non-hydrogen) atoms. The van der Waals surface area contributed by atoms with Gasteiger partial charge in [0.05, 0.1) is 5.92 Å². The first kappa shape index (κ1) is 23.9. The van der Waals surface area contributed by atoms with Gasteiger partial charge in [0.15, 0.2) is 0 Å². The van der Waals surface area contributed by atoms with Gasteiger partial charge in [-0.2, -0.15) is 13.2 Å². The summed E-state index contributed by atoms with van der Waals surface area (Å²) in [6, 6.07) is 19.4. The molecule has 2 atom stereocenters. The van der Waals surface area contributed by atoms with Crippen LogP contribution in [0.15, 0.2) is 72.8 Å². The maximum Gasteiger partial charge on any atom is 0.490 e. The van der Waals surface area contributed by atoms with Crippen LogP contribution >= 0.6 is 0 Å². The summed E-state index contributed by atoms with van der Waals surface area (Å²) in [5.41, 5.74) is 8.23. The second-order valence-corrected chi connectivity index (χ2v) is 6.18. The molecule has 0 aliphatic heterocycles. The Morgan fingerprint density at radius 1 is 0.862 bits per heavy atom. The number of halogens is 3. The number of benzene rings is 2. The van der Waals surface area contributed by atoms with Crippen LogP contribution in [0.2, 0.25) is 0 Å². The molecule has 2 rings (SSSR count). The Morgan fingerprint density at radius 3 is 1.66 bits per heavy atom. The molecule has 0 heterocycles.